The normalized spacial score (nSPS) is 12.4. The molecular weight excluding hydrogens is 330 g/mol. The number of hydrogen-bond acceptors (Lipinski definition) is 4. The lowest BCUT2D eigenvalue weighted by Gasteiger charge is -2.22. The van der Waals surface area contributed by atoms with E-state index in [2.05, 4.69) is 11.4 Å². The fourth-order valence-corrected chi connectivity index (χ4v) is 2.47. The summed E-state index contributed by atoms with van der Waals surface area (Å²) in [6.45, 7) is 1.56. The summed E-state index contributed by atoms with van der Waals surface area (Å²) >= 11 is 0. The number of hydrogen-bond donors (Lipinski definition) is 1. The zero-order chi connectivity index (χ0) is 19.3. The van der Waals surface area contributed by atoms with Gasteiger partial charge in [0, 0.05) is 19.8 Å². The molecule has 0 unspecified atom stereocenters. The van der Waals surface area contributed by atoms with Crippen LogP contribution in [0.2, 0.25) is 0 Å². The second-order valence-electron chi connectivity index (χ2n) is 6.17. The summed E-state index contributed by atoms with van der Waals surface area (Å²) in [5.74, 6) is -0.309. The van der Waals surface area contributed by atoms with Gasteiger partial charge in [0.2, 0.25) is 5.91 Å². The van der Waals surface area contributed by atoms with Gasteiger partial charge in [-0.1, -0.05) is 30.3 Å². The third kappa shape index (κ3) is 3.67. The molecule has 0 aliphatic heterocycles. The molecule has 0 saturated carbocycles. The van der Waals surface area contributed by atoms with E-state index in [9.17, 15) is 14.9 Å². The van der Waals surface area contributed by atoms with Crippen molar-refractivity contribution in [2.75, 3.05) is 26.5 Å². The summed E-state index contributed by atoms with van der Waals surface area (Å²) in [5.41, 5.74) is -0.0161. The molecular formula is C20H21N3O3. The van der Waals surface area contributed by atoms with Crippen molar-refractivity contribution in [3.05, 3.63) is 59.7 Å². The summed E-state index contributed by atoms with van der Waals surface area (Å²) in [5, 5.41) is 12.3. The summed E-state index contributed by atoms with van der Waals surface area (Å²) in [6.07, 6.45) is 0. The minimum atomic E-state index is -1.35. The molecule has 6 heteroatoms. The van der Waals surface area contributed by atoms with E-state index in [4.69, 9.17) is 4.74 Å². The quantitative estimate of drug-likeness (QED) is 0.898. The molecule has 2 aromatic carbocycles. The van der Waals surface area contributed by atoms with Gasteiger partial charge < -0.3 is 15.0 Å². The van der Waals surface area contributed by atoms with E-state index in [0.29, 0.717) is 22.6 Å². The van der Waals surface area contributed by atoms with Gasteiger partial charge in [0.25, 0.3) is 5.91 Å². The predicted octanol–water partition coefficient (Wildman–Crippen LogP) is 2.82. The fraction of sp³-hybridized carbons (Fsp3) is 0.250. The minimum absolute atomic E-state index is 0.246. The Bertz CT molecular complexity index is 856. The van der Waals surface area contributed by atoms with E-state index in [1.807, 2.05) is 6.07 Å². The van der Waals surface area contributed by atoms with Gasteiger partial charge in [-0.3, -0.25) is 9.59 Å². The molecule has 2 amide bonds. The third-order valence-corrected chi connectivity index (χ3v) is 4.12. The van der Waals surface area contributed by atoms with E-state index in [1.54, 1.807) is 63.5 Å². The number of carbonyl (C=O) groups is 2. The van der Waals surface area contributed by atoms with Crippen LogP contribution in [0.3, 0.4) is 0 Å². The highest BCUT2D eigenvalue weighted by atomic mass is 16.5. The van der Waals surface area contributed by atoms with Crippen molar-refractivity contribution in [3.8, 4) is 11.8 Å². The summed E-state index contributed by atoms with van der Waals surface area (Å²) in [6, 6.07) is 15.7. The molecule has 2 rings (SSSR count). The second kappa shape index (κ2) is 7.70. The van der Waals surface area contributed by atoms with Crippen LogP contribution < -0.4 is 10.1 Å². The molecule has 0 bridgehead atoms. The zero-order valence-electron chi connectivity index (χ0n) is 15.2. The molecule has 0 aromatic heterocycles. The first-order valence-electron chi connectivity index (χ1n) is 8.01. The Morgan fingerprint density at radius 3 is 2.35 bits per heavy atom. The van der Waals surface area contributed by atoms with Crippen LogP contribution in [0.4, 0.5) is 5.69 Å². The lowest BCUT2D eigenvalue weighted by atomic mass is 9.83. The highest BCUT2D eigenvalue weighted by Crippen LogP contribution is 2.27. The highest BCUT2D eigenvalue weighted by molar-refractivity contribution is 6.03. The number of nitrogens with one attached hydrogen (secondary N) is 1. The van der Waals surface area contributed by atoms with Gasteiger partial charge in [-0.2, -0.15) is 5.26 Å². The van der Waals surface area contributed by atoms with E-state index >= 15 is 0 Å². The number of nitriles is 1. The van der Waals surface area contributed by atoms with Crippen LogP contribution in [-0.4, -0.2) is 37.9 Å². The number of amides is 2. The number of rotatable bonds is 5. The monoisotopic (exact) mass is 351 g/mol. The Hall–Kier alpha value is -3.33. The number of anilines is 1. The van der Waals surface area contributed by atoms with Crippen molar-refractivity contribution in [2.45, 2.75) is 12.3 Å². The van der Waals surface area contributed by atoms with Crippen LogP contribution in [0.5, 0.6) is 5.75 Å². The zero-order valence-corrected chi connectivity index (χ0v) is 15.2. The van der Waals surface area contributed by atoms with Gasteiger partial charge in [-0.15, -0.1) is 0 Å². The average molecular weight is 351 g/mol. The Kier molecular flexibility index (Phi) is 5.63. The Labute approximate surface area is 153 Å². The van der Waals surface area contributed by atoms with Gasteiger partial charge in [0.1, 0.15) is 5.75 Å². The SMILES string of the molecule is COc1ccc(NC(=O)[C@](C)(C#N)c2ccccc2)cc1C(=O)N(C)C. The van der Waals surface area contributed by atoms with Crippen molar-refractivity contribution in [2.24, 2.45) is 0 Å². The first-order valence-corrected chi connectivity index (χ1v) is 8.01. The van der Waals surface area contributed by atoms with Gasteiger partial charge in [-0.25, -0.2) is 0 Å². The predicted molar refractivity (Wildman–Crippen MR) is 99.0 cm³/mol. The lowest BCUT2D eigenvalue weighted by Crippen LogP contribution is -2.36. The molecule has 26 heavy (non-hydrogen) atoms. The molecule has 0 aliphatic carbocycles. The van der Waals surface area contributed by atoms with Gasteiger partial charge in [0.15, 0.2) is 5.41 Å². The van der Waals surface area contributed by atoms with Crippen LogP contribution >= 0.6 is 0 Å². The largest absolute Gasteiger partial charge is 0.496 e. The fourth-order valence-electron chi connectivity index (χ4n) is 2.47. The number of ether oxygens (including phenoxy) is 1. The molecule has 134 valence electrons. The molecule has 1 N–H and O–H groups in total. The molecule has 6 nitrogen and oxygen atoms in total. The summed E-state index contributed by atoms with van der Waals surface area (Å²) in [4.78, 5) is 26.5. The first kappa shape index (κ1) is 19.0. The third-order valence-electron chi connectivity index (χ3n) is 4.12. The van der Waals surface area contributed by atoms with E-state index in [1.165, 1.54) is 12.0 Å². The van der Waals surface area contributed by atoms with Gasteiger partial charge >= 0.3 is 0 Å². The Morgan fingerprint density at radius 1 is 1.15 bits per heavy atom. The van der Waals surface area contributed by atoms with Crippen molar-refractivity contribution in [1.29, 1.82) is 5.26 Å². The van der Waals surface area contributed by atoms with E-state index < -0.39 is 11.3 Å². The topological polar surface area (TPSA) is 82.4 Å². The van der Waals surface area contributed by atoms with Crippen molar-refractivity contribution in [1.82, 2.24) is 4.90 Å². The van der Waals surface area contributed by atoms with E-state index in [-0.39, 0.29) is 5.91 Å². The number of methoxy groups -OCH3 is 1. The molecule has 0 saturated heterocycles. The molecule has 2 aromatic rings. The van der Waals surface area contributed by atoms with Crippen LogP contribution in [0.25, 0.3) is 0 Å². The average Bonchev–Trinajstić information content (AvgIpc) is 2.67. The standard InChI is InChI=1S/C20H21N3O3/c1-20(13-21,14-8-6-5-7-9-14)19(25)22-15-10-11-17(26-4)16(12-15)18(24)23(2)3/h5-12H,1-4H3,(H,22,25)/t20-/m1/s1. The molecule has 0 heterocycles. The molecule has 0 aliphatic rings. The first-order chi connectivity index (χ1) is 12.3. The lowest BCUT2D eigenvalue weighted by molar-refractivity contribution is -0.119. The smallest absolute Gasteiger partial charge is 0.257 e. The van der Waals surface area contributed by atoms with Crippen LogP contribution in [-0.2, 0) is 10.2 Å². The molecule has 0 radical (unpaired) electrons. The molecule has 0 fully saturated rings. The minimum Gasteiger partial charge on any atom is -0.496 e. The van der Waals surface area contributed by atoms with Crippen molar-refractivity contribution >= 4 is 17.5 Å². The maximum atomic E-state index is 12.8. The van der Waals surface area contributed by atoms with Crippen LogP contribution in [0, 0.1) is 11.3 Å². The number of nitrogens with zero attached hydrogens (tertiary/aromatic N) is 2. The van der Waals surface area contributed by atoms with E-state index in [0.717, 1.165) is 0 Å². The maximum absolute atomic E-state index is 12.8. The Morgan fingerprint density at radius 2 is 1.81 bits per heavy atom. The highest BCUT2D eigenvalue weighted by Gasteiger charge is 2.35. The molecule has 1 atom stereocenters. The summed E-state index contributed by atoms with van der Waals surface area (Å²) < 4.78 is 5.22. The Balaban J connectivity index is 2.36. The van der Waals surface area contributed by atoms with Crippen LogP contribution in [0.1, 0.15) is 22.8 Å². The maximum Gasteiger partial charge on any atom is 0.257 e. The number of benzene rings is 2. The van der Waals surface area contributed by atoms with Crippen molar-refractivity contribution in [3.63, 3.8) is 0 Å². The number of carbonyl (C=O) groups excluding carboxylic acids is 2. The van der Waals surface area contributed by atoms with Gasteiger partial charge in [-0.05, 0) is 30.7 Å². The summed E-state index contributed by atoms with van der Waals surface area (Å²) in [7, 11) is 4.74. The van der Waals surface area contributed by atoms with Gasteiger partial charge in [0.05, 0.1) is 18.7 Å². The molecule has 0 spiro atoms. The van der Waals surface area contributed by atoms with Crippen molar-refractivity contribution < 1.29 is 14.3 Å². The van der Waals surface area contributed by atoms with Crippen LogP contribution in [0.15, 0.2) is 48.5 Å². The second-order valence-corrected chi connectivity index (χ2v) is 6.17.